The van der Waals surface area contributed by atoms with Crippen LogP contribution in [0, 0.1) is 12.8 Å². The minimum Gasteiger partial charge on any atom is -0.417 e. The molecular weight excluding hydrogens is 164 g/mol. The molecule has 0 saturated carbocycles. The van der Waals surface area contributed by atoms with Crippen LogP contribution in [0.5, 0.6) is 0 Å². The van der Waals surface area contributed by atoms with Gasteiger partial charge < -0.3 is 4.43 Å². The first kappa shape index (κ1) is 12.2. The third-order valence-corrected chi connectivity index (χ3v) is 8.06. The van der Waals surface area contributed by atoms with Crippen molar-refractivity contribution in [3.05, 3.63) is 6.92 Å². The van der Waals surface area contributed by atoms with Crippen LogP contribution in [0.1, 0.15) is 27.7 Å². The maximum absolute atomic E-state index is 5.78. The highest BCUT2D eigenvalue weighted by Gasteiger charge is 2.42. The zero-order chi connectivity index (χ0) is 9.99. The smallest absolute Gasteiger partial charge is 0.192 e. The van der Waals surface area contributed by atoms with Gasteiger partial charge in [-0.2, -0.15) is 0 Å². The second kappa shape index (κ2) is 3.92. The Morgan fingerprint density at radius 2 is 1.75 bits per heavy atom. The van der Waals surface area contributed by atoms with Crippen molar-refractivity contribution in [2.75, 3.05) is 6.61 Å². The maximum Gasteiger partial charge on any atom is 0.192 e. The molecule has 0 unspecified atom stereocenters. The molecule has 0 rings (SSSR count). The molecular formula is C10H23OSi. The van der Waals surface area contributed by atoms with Gasteiger partial charge in [-0.1, -0.05) is 27.7 Å². The standard InChI is InChI=1S/C10H23OSi/c1-8-11-12(6,7)10(4,5)9(2)3/h9H,1,8H2,2-7H3. The van der Waals surface area contributed by atoms with E-state index >= 15 is 0 Å². The van der Waals surface area contributed by atoms with Crippen molar-refractivity contribution in [3.8, 4) is 0 Å². The number of rotatable bonds is 4. The fraction of sp³-hybridized carbons (Fsp3) is 0.900. The van der Waals surface area contributed by atoms with Crippen LogP contribution < -0.4 is 0 Å². The largest absolute Gasteiger partial charge is 0.417 e. The predicted molar refractivity (Wildman–Crippen MR) is 57.7 cm³/mol. The third-order valence-electron chi connectivity index (χ3n) is 3.46. The van der Waals surface area contributed by atoms with Crippen molar-refractivity contribution < 1.29 is 4.43 Å². The average molecular weight is 187 g/mol. The Morgan fingerprint density at radius 3 is 2.00 bits per heavy atom. The molecule has 1 nitrogen and oxygen atoms in total. The minimum atomic E-state index is -1.56. The topological polar surface area (TPSA) is 9.23 Å². The second-order valence-corrected chi connectivity index (χ2v) is 9.33. The van der Waals surface area contributed by atoms with Gasteiger partial charge in [-0.25, -0.2) is 0 Å². The zero-order valence-corrected chi connectivity index (χ0v) is 10.4. The van der Waals surface area contributed by atoms with Gasteiger partial charge in [-0.15, -0.1) is 0 Å². The van der Waals surface area contributed by atoms with E-state index in [4.69, 9.17) is 4.43 Å². The summed E-state index contributed by atoms with van der Waals surface area (Å²) < 4.78 is 5.78. The molecule has 12 heavy (non-hydrogen) atoms. The van der Waals surface area contributed by atoms with E-state index in [9.17, 15) is 0 Å². The van der Waals surface area contributed by atoms with Crippen LogP contribution in [0.25, 0.3) is 0 Å². The van der Waals surface area contributed by atoms with Crippen LogP contribution in [-0.4, -0.2) is 14.9 Å². The van der Waals surface area contributed by atoms with E-state index in [1.54, 1.807) is 0 Å². The van der Waals surface area contributed by atoms with Crippen LogP contribution in [0.4, 0.5) is 0 Å². The van der Waals surface area contributed by atoms with Crippen molar-refractivity contribution in [1.29, 1.82) is 0 Å². The van der Waals surface area contributed by atoms with Gasteiger partial charge in [-0.3, -0.25) is 0 Å². The molecule has 0 fully saturated rings. The van der Waals surface area contributed by atoms with Crippen LogP contribution in [0.2, 0.25) is 18.1 Å². The Labute approximate surface area is 78.6 Å². The first-order valence-electron chi connectivity index (χ1n) is 4.69. The molecule has 0 amide bonds. The molecule has 0 spiro atoms. The van der Waals surface area contributed by atoms with E-state index in [2.05, 4.69) is 47.7 Å². The third kappa shape index (κ3) is 2.33. The molecule has 0 aromatic carbocycles. The van der Waals surface area contributed by atoms with Crippen LogP contribution in [0.3, 0.4) is 0 Å². The summed E-state index contributed by atoms with van der Waals surface area (Å²) >= 11 is 0. The lowest BCUT2D eigenvalue weighted by Gasteiger charge is -2.42. The lowest BCUT2D eigenvalue weighted by atomic mass is 9.99. The summed E-state index contributed by atoms with van der Waals surface area (Å²) in [5.74, 6) is 0.672. The molecule has 0 aliphatic rings. The van der Waals surface area contributed by atoms with Gasteiger partial charge in [0.1, 0.15) is 0 Å². The van der Waals surface area contributed by atoms with Gasteiger partial charge in [0.15, 0.2) is 8.32 Å². The van der Waals surface area contributed by atoms with E-state index in [0.717, 1.165) is 0 Å². The lowest BCUT2D eigenvalue weighted by molar-refractivity contribution is 0.297. The molecule has 2 heteroatoms. The molecule has 0 aliphatic heterocycles. The van der Waals surface area contributed by atoms with Crippen LogP contribution in [-0.2, 0) is 4.43 Å². The van der Waals surface area contributed by atoms with Gasteiger partial charge in [0, 0.05) is 6.61 Å². The molecule has 0 N–H and O–H groups in total. The van der Waals surface area contributed by atoms with Crippen molar-refractivity contribution in [2.24, 2.45) is 5.92 Å². The lowest BCUT2D eigenvalue weighted by Crippen LogP contribution is -2.45. The summed E-state index contributed by atoms with van der Waals surface area (Å²) in [6.45, 7) is 18.1. The van der Waals surface area contributed by atoms with Crippen molar-refractivity contribution in [1.82, 2.24) is 0 Å². The second-order valence-electron chi connectivity index (χ2n) is 4.74. The number of hydrogen-bond donors (Lipinski definition) is 0. The Morgan fingerprint density at radius 1 is 1.33 bits per heavy atom. The first-order valence-corrected chi connectivity index (χ1v) is 7.59. The molecule has 73 valence electrons. The highest BCUT2D eigenvalue weighted by atomic mass is 28.4. The Balaban J connectivity index is 4.50. The Hall–Kier alpha value is 0.177. The van der Waals surface area contributed by atoms with Gasteiger partial charge in [0.25, 0.3) is 0 Å². The normalized spacial score (nSPS) is 14.0. The molecule has 0 atom stereocenters. The van der Waals surface area contributed by atoms with E-state index in [-0.39, 0.29) is 0 Å². The Bertz CT molecular complexity index is 139. The van der Waals surface area contributed by atoms with Crippen LogP contribution >= 0.6 is 0 Å². The SMILES string of the molecule is [CH2]CO[Si](C)(C)C(C)(C)C(C)C. The number of hydrogen-bond acceptors (Lipinski definition) is 1. The fourth-order valence-corrected chi connectivity index (χ4v) is 3.41. The van der Waals surface area contributed by atoms with Gasteiger partial charge >= 0.3 is 0 Å². The molecule has 0 heterocycles. The fourth-order valence-electron chi connectivity index (χ4n) is 1.14. The van der Waals surface area contributed by atoms with Crippen molar-refractivity contribution >= 4 is 8.32 Å². The molecule has 0 aliphatic carbocycles. The molecule has 0 aromatic rings. The monoisotopic (exact) mass is 187 g/mol. The van der Waals surface area contributed by atoms with E-state index in [0.29, 0.717) is 17.6 Å². The quantitative estimate of drug-likeness (QED) is 0.612. The molecule has 0 bridgehead atoms. The molecule has 0 saturated heterocycles. The summed E-state index contributed by atoms with van der Waals surface area (Å²) in [5, 5.41) is 0.324. The van der Waals surface area contributed by atoms with Gasteiger partial charge in [0.2, 0.25) is 0 Å². The maximum atomic E-state index is 5.78. The first-order chi connectivity index (χ1) is 5.25. The van der Waals surface area contributed by atoms with Gasteiger partial charge in [0.05, 0.1) is 0 Å². The van der Waals surface area contributed by atoms with Crippen molar-refractivity contribution in [2.45, 2.75) is 45.8 Å². The zero-order valence-electron chi connectivity index (χ0n) is 9.40. The van der Waals surface area contributed by atoms with E-state index in [1.165, 1.54) is 0 Å². The summed E-state index contributed by atoms with van der Waals surface area (Å²) in [7, 11) is -1.56. The summed E-state index contributed by atoms with van der Waals surface area (Å²) in [6.07, 6.45) is 0. The highest BCUT2D eigenvalue weighted by Crippen LogP contribution is 2.44. The van der Waals surface area contributed by atoms with Gasteiger partial charge in [-0.05, 0) is 31.0 Å². The summed E-state index contributed by atoms with van der Waals surface area (Å²) in [4.78, 5) is 0. The highest BCUT2D eigenvalue weighted by molar-refractivity contribution is 6.74. The Kier molecular flexibility index (Phi) is 3.98. The van der Waals surface area contributed by atoms with E-state index < -0.39 is 8.32 Å². The molecule has 0 aromatic heterocycles. The summed E-state index contributed by atoms with van der Waals surface area (Å²) in [6, 6.07) is 0. The summed E-state index contributed by atoms with van der Waals surface area (Å²) in [5.41, 5.74) is 0. The van der Waals surface area contributed by atoms with Crippen molar-refractivity contribution in [3.63, 3.8) is 0 Å². The minimum absolute atomic E-state index is 0.324. The predicted octanol–water partition coefficient (Wildman–Crippen LogP) is 3.48. The average Bonchev–Trinajstić information content (AvgIpc) is 1.86. The molecule has 1 radical (unpaired) electrons. The van der Waals surface area contributed by atoms with E-state index in [1.807, 2.05) is 0 Å². The van der Waals surface area contributed by atoms with Crippen LogP contribution in [0.15, 0.2) is 0 Å².